The zero-order valence-corrected chi connectivity index (χ0v) is 26.1. The number of esters is 1. The average Bonchev–Trinajstić information content (AvgIpc) is 2.95. The highest BCUT2D eigenvalue weighted by atomic mass is 35.5. The number of hydrogen-bond acceptors (Lipinski definition) is 7. The van der Waals surface area contributed by atoms with Gasteiger partial charge in [-0.15, -0.1) is 11.6 Å². The van der Waals surface area contributed by atoms with Gasteiger partial charge in [0.25, 0.3) is 0 Å². The molecular formula is C29H45ClN6O7. The largest absolute Gasteiger partial charge is 0.461 e. The average molecular weight is 625 g/mol. The van der Waals surface area contributed by atoms with Crippen molar-refractivity contribution in [2.24, 2.45) is 17.6 Å². The third kappa shape index (κ3) is 15.8. The zero-order valence-electron chi connectivity index (χ0n) is 25.3. The van der Waals surface area contributed by atoms with E-state index in [0.29, 0.717) is 31.5 Å². The number of ether oxygens (including phenoxy) is 1. The number of hydrogen-bond donors (Lipinski definition) is 6. The molecule has 0 spiro atoms. The molecule has 0 aliphatic carbocycles. The Labute approximate surface area is 257 Å². The van der Waals surface area contributed by atoms with Gasteiger partial charge < -0.3 is 37.1 Å². The Kier molecular flexibility index (Phi) is 17.4. The fourth-order valence-corrected chi connectivity index (χ4v) is 3.84. The van der Waals surface area contributed by atoms with Crippen molar-refractivity contribution < 1.29 is 33.5 Å². The van der Waals surface area contributed by atoms with Crippen LogP contribution in [0.1, 0.15) is 65.4 Å². The van der Waals surface area contributed by atoms with Crippen LogP contribution in [0.3, 0.4) is 0 Å². The molecule has 14 heteroatoms. The second-order valence-corrected chi connectivity index (χ2v) is 10.9. The van der Waals surface area contributed by atoms with Crippen molar-refractivity contribution in [1.82, 2.24) is 21.3 Å². The minimum absolute atomic E-state index is 0.101. The second kappa shape index (κ2) is 20.1. The Morgan fingerprint density at radius 2 is 1.49 bits per heavy atom. The SMILES string of the molecule is CC(C)C(=O)OCc1ccc(NC(=O)[C@H](CCCNC(N)=O)NC(=O)C(NC(=O)CCCCNC(=O)CCl)C(C)C)cc1. The van der Waals surface area contributed by atoms with Gasteiger partial charge in [0.1, 0.15) is 24.6 Å². The Morgan fingerprint density at radius 3 is 2.07 bits per heavy atom. The zero-order chi connectivity index (χ0) is 32.4. The number of benzene rings is 1. The van der Waals surface area contributed by atoms with Crippen LogP contribution < -0.4 is 32.3 Å². The van der Waals surface area contributed by atoms with E-state index in [0.717, 1.165) is 5.56 Å². The quantitative estimate of drug-likeness (QED) is 0.0767. The standard InChI is InChI=1S/C29H45ClN6O7/c1-18(2)25(36-23(37)9-5-6-14-32-24(38)16-30)27(40)35-22(8-7-15-33-29(31)42)26(39)34-21-12-10-20(11-13-21)17-43-28(41)19(3)4/h10-13,18-19,22,25H,5-9,14-17H2,1-4H3,(H,32,38)(H,34,39)(H,35,40)(H,36,37)(H3,31,33,42)/t22-,25?/m0/s1. The van der Waals surface area contributed by atoms with Crippen molar-refractivity contribution in [3.05, 3.63) is 29.8 Å². The van der Waals surface area contributed by atoms with Crippen LogP contribution in [0.25, 0.3) is 0 Å². The predicted octanol–water partition coefficient (Wildman–Crippen LogP) is 1.92. The summed E-state index contributed by atoms with van der Waals surface area (Å²) in [5, 5.41) is 13.3. The molecule has 0 heterocycles. The molecule has 0 aliphatic rings. The van der Waals surface area contributed by atoms with Gasteiger partial charge in [0.2, 0.25) is 23.6 Å². The first-order valence-electron chi connectivity index (χ1n) is 14.4. The summed E-state index contributed by atoms with van der Waals surface area (Å²) in [5.41, 5.74) is 6.32. The molecule has 7 N–H and O–H groups in total. The van der Waals surface area contributed by atoms with E-state index in [-0.39, 0.29) is 61.5 Å². The first-order chi connectivity index (χ1) is 20.3. The normalized spacial score (nSPS) is 12.2. The Bertz CT molecular complexity index is 1080. The Balaban J connectivity index is 2.82. The van der Waals surface area contributed by atoms with Gasteiger partial charge in [-0.3, -0.25) is 24.0 Å². The Morgan fingerprint density at radius 1 is 0.837 bits per heavy atom. The minimum atomic E-state index is -0.974. The molecule has 1 rings (SSSR count). The van der Waals surface area contributed by atoms with Crippen LogP contribution in [-0.4, -0.2) is 66.7 Å². The molecule has 1 unspecified atom stereocenters. The van der Waals surface area contributed by atoms with Crippen LogP contribution in [-0.2, 0) is 35.3 Å². The lowest BCUT2D eigenvalue weighted by Crippen LogP contribution is -2.54. The second-order valence-electron chi connectivity index (χ2n) is 10.7. The highest BCUT2D eigenvalue weighted by Gasteiger charge is 2.28. The van der Waals surface area contributed by atoms with Crippen LogP contribution >= 0.6 is 11.6 Å². The maximum Gasteiger partial charge on any atom is 0.312 e. The van der Waals surface area contributed by atoms with Crippen LogP contribution in [0.5, 0.6) is 0 Å². The maximum absolute atomic E-state index is 13.2. The fraction of sp³-hybridized carbons (Fsp3) is 0.586. The number of rotatable bonds is 19. The topological polar surface area (TPSA) is 198 Å². The number of primary amides is 1. The molecule has 0 saturated carbocycles. The molecule has 2 atom stereocenters. The number of anilines is 1. The number of halogens is 1. The van der Waals surface area contributed by atoms with Crippen molar-refractivity contribution in [3.63, 3.8) is 0 Å². The summed E-state index contributed by atoms with van der Waals surface area (Å²) in [5.74, 6) is -2.58. The molecule has 13 nitrogen and oxygen atoms in total. The van der Waals surface area contributed by atoms with Crippen LogP contribution in [0.4, 0.5) is 10.5 Å². The number of carbonyl (C=O) groups excluding carboxylic acids is 6. The number of nitrogens with two attached hydrogens (primary N) is 1. The summed E-state index contributed by atoms with van der Waals surface area (Å²) in [6.07, 6.45) is 1.76. The molecular weight excluding hydrogens is 580 g/mol. The summed E-state index contributed by atoms with van der Waals surface area (Å²) < 4.78 is 5.22. The van der Waals surface area contributed by atoms with Crippen molar-refractivity contribution >= 4 is 52.9 Å². The first-order valence-corrected chi connectivity index (χ1v) is 14.9. The summed E-state index contributed by atoms with van der Waals surface area (Å²) >= 11 is 5.43. The van der Waals surface area contributed by atoms with Gasteiger partial charge >= 0.3 is 12.0 Å². The first kappa shape index (κ1) is 37.2. The van der Waals surface area contributed by atoms with Crippen molar-refractivity contribution in [2.75, 3.05) is 24.3 Å². The molecule has 43 heavy (non-hydrogen) atoms. The van der Waals surface area contributed by atoms with Crippen LogP contribution in [0, 0.1) is 11.8 Å². The molecule has 0 aromatic heterocycles. The number of carbonyl (C=O) groups is 6. The summed E-state index contributed by atoms with van der Waals surface area (Å²) in [4.78, 5) is 72.9. The van der Waals surface area contributed by atoms with E-state index in [2.05, 4.69) is 26.6 Å². The molecule has 0 radical (unpaired) electrons. The lowest BCUT2D eigenvalue weighted by atomic mass is 10.0. The lowest BCUT2D eigenvalue weighted by Gasteiger charge is -2.25. The third-order valence-corrected chi connectivity index (χ3v) is 6.46. The van der Waals surface area contributed by atoms with E-state index < -0.39 is 29.9 Å². The van der Waals surface area contributed by atoms with Crippen molar-refractivity contribution in [1.29, 1.82) is 0 Å². The molecule has 6 amide bonds. The number of amides is 6. The molecule has 1 aromatic rings. The molecule has 240 valence electrons. The molecule has 0 aliphatic heterocycles. The van der Waals surface area contributed by atoms with Crippen LogP contribution in [0.15, 0.2) is 24.3 Å². The van der Waals surface area contributed by atoms with Gasteiger partial charge in [0.05, 0.1) is 5.92 Å². The highest BCUT2D eigenvalue weighted by Crippen LogP contribution is 2.13. The summed E-state index contributed by atoms with van der Waals surface area (Å²) in [7, 11) is 0. The lowest BCUT2D eigenvalue weighted by molar-refractivity contribution is -0.148. The number of urea groups is 1. The Hall–Kier alpha value is -3.87. The number of alkyl halides is 1. The van der Waals surface area contributed by atoms with Gasteiger partial charge in [-0.25, -0.2) is 4.79 Å². The molecule has 0 saturated heterocycles. The fourth-order valence-electron chi connectivity index (χ4n) is 3.75. The summed E-state index contributed by atoms with van der Waals surface area (Å²) in [6.45, 7) is 7.73. The molecule has 0 fully saturated rings. The van der Waals surface area contributed by atoms with E-state index in [1.807, 2.05) is 0 Å². The van der Waals surface area contributed by atoms with E-state index in [1.165, 1.54) is 0 Å². The van der Waals surface area contributed by atoms with E-state index in [1.54, 1.807) is 52.0 Å². The van der Waals surface area contributed by atoms with Gasteiger partial charge in [-0.1, -0.05) is 39.8 Å². The van der Waals surface area contributed by atoms with E-state index >= 15 is 0 Å². The van der Waals surface area contributed by atoms with Crippen LogP contribution in [0.2, 0.25) is 0 Å². The third-order valence-electron chi connectivity index (χ3n) is 6.22. The van der Waals surface area contributed by atoms with Gasteiger partial charge in [-0.2, -0.15) is 0 Å². The summed E-state index contributed by atoms with van der Waals surface area (Å²) in [6, 6.07) is 4.17. The van der Waals surface area contributed by atoms with Crippen molar-refractivity contribution in [2.45, 2.75) is 78.5 Å². The van der Waals surface area contributed by atoms with Gasteiger partial charge in [0, 0.05) is 25.2 Å². The molecule has 1 aromatic carbocycles. The monoisotopic (exact) mass is 624 g/mol. The van der Waals surface area contributed by atoms with Gasteiger partial charge in [0.15, 0.2) is 0 Å². The van der Waals surface area contributed by atoms with E-state index in [4.69, 9.17) is 22.1 Å². The minimum Gasteiger partial charge on any atom is -0.461 e. The van der Waals surface area contributed by atoms with Crippen molar-refractivity contribution in [3.8, 4) is 0 Å². The smallest absolute Gasteiger partial charge is 0.312 e. The predicted molar refractivity (Wildman–Crippen MR) is 163 cm³/mol. The van der Waals surface area contributed by atoms with Gasteiger partial charge in [-0.05, 0) is 49.3 Å². The number of unbranched alkanes of at least 4 members (excludes halogenated alkanes) is 1. The maximum atomic E-state index is 13.2. The molecule has 0 bridgehead atoms. The van der Waals surface area contributed by atoms with E-state index in [9.17, 15) is 28.8 Å². The highest BCUT2D eigenvalue weighted by molar-refractivity contribution is 6.27. The number of nitrogens with one attached hydrogen (secondary N) is 5.